The van der Waals surface area contributed by atoms with Crippen LogP contribution < -0.4 is 16.8 Å². The second kappa shape index (κ2) is 12.4. The number of rotatable bonds is 8. The van der Waals surface area contributed by atoms with Crippen molar-refractivity contribution >= 4 is 17.8 Å². The molecule has 0 spiro atoms. The Balaban J connectivity index is 0.000000370. The zero-order chi connectivity index (χ0) is 15.2. The van der Waals surface area contributed by atoms with Gasteiger partial charge in [-0.25, -0.2) is 0 Å². The third-order valence-electron chi connectivity index (χ3n) is 2.19. The zero-order valence-electron chi connectivity index (χ0n) is 12.3. The molecule has 116 valence electrons. The second-order valence-corrected chi connectivity index (χ2v) is 4.03. The maximum Gasteiger partial charge on any atom is 0.231 e. The van der Waals surface area contributed by atoms with Crippen LogP contribution in [0.4, 0.5) is 17.8 Å². The van der Waals surface area contributed by atoms with Crippen LogP contribution in [0.15, 0.2) is 0 Å². The van der Waals surface area contributed by atoms with Crippen LogP contribution in [-0.2, 0) is 4.74 Å². The normalized spacial score (nSPS) is 9.75. The van der Waals surface area contributed by atoms with Crippen LogP contribution in [0.5, 0.6) is 0 Å². The van der Waals surface area contributed by atoms with Crippen LogP contribution >= 0.6 is 0 Å². The third-order valence-corrected chi connectivity index (χ3v) is 2.19. The highest BCUT2D eigenvalue weighted by Crippen LogP contribution is 2.01. The van der Waals surface area contributed by atoms with Crippen LogP contribution in [-0.4, -0.2) is 40.0 Å². The number of nitrogens with one attached hydrogen (secondary N) is 1. The Hall–Kier alpha value is -1.67. The van der Waals surface area contributed by atoms with Crippen LogP contribution in [0.25, 0.3) is 0 Å². The maximum absolute atomic E-state index is 8.41. The SMILES string of the molecule is CCCCOCCCC.Nc1nc(N)nc(NCO)n1. The summed E-state index contributed by atoms with van der Waals surface area (Å²) in [5, 5.41) is 10.8. The first-order valence-corrected chi connectivity index (χ1v) is 6.83. The van der Waals surface area contributed by atoms with Crippen molar-refractivity contribution in [2.24, 2.45) is 0 Å². The monoisotopic (exact) mass is 286 g/mol. The molecule has 1 aromatic rings. The van der Waals surface area contributed by atoms with Crippen LogP contribution in [0.2, 0.25) is 0 Å². The van der Waals surface area contributed by atoms with Gasteiger partial charge in [-0.2, -0.15) is 15.0 Å². The van der Waals surface area contributed by atoms with E-state index in [2.05, 4.69) is 34.1 Å². The van der Waals surface area contributed by atoms with Crippen molar-refractivity contribution in [2.75, 3.05) is 36.7 Å². The van der Waals surface area contributed by atoms with Crippen molar-refractivity contribution < 1.29 is 9.84 Å². The number of anilines is 3. The van der Waals surface area contributed by atoms with Gasteiger partial charge in [-0.05, 0) is 12.8 Å². The molecule has 0 atom stereocenters. The zero-order valence-corrected chi connectivity index (χ0v) is 12.3. The molecule has 0 saturated heterocycles. The molecule has 0 aliphatic carbocycles. The summed E-state index contributed by atoms with van der Waals surface area (Å²) in [4.78, 5) is 10.8. The van der Waals surface area contributed by atoms with E-state index in [9.17, 15) is 0 Å². The molecule has 0 saturated carbocycles. The number of ether oxygens (including phenoxy) is 1. The van der Waals surface area contributed by atoms with E-state index in [1.807, 2.05) is 0 Å². The van der Waals surface area contributed by atoms with Crippen molar-refractivity contribution in [3.05, 3.63) is 0 Å². The molecule has 1 rings (SSSR count). The van der Waals surface area contributed by atoms with E-state index in [-0.39, 0.29) is 24.6 Å². The summed E-state index contributed by atoms with van der Waals surface area (Å²) < 4.78 is 5.31. The summed E-state index contributed by atoms with van der Waals surface area (Å²) in [6, 6.07) is 0. The van der Waals surface area contributed by atoms with Gasteiger partial charge in [0.25, 0.3) is 0 Å². The summed E-state index contributed by atoms with van der Waals surface area (Å²) in [6.07, 6.45) is 4.91. The number of unbranched alkanes of at least 4 members (excludes halogenated alkanes) is 2. The summed E-state index contributed by atoms with van der Waals surface area (Å²) in [5.74, 6) is 0.208. The average molecular weight is 286 g/mol. The van der Waals surface area contributed by atoms with Gasteiger partial charge in [-0.3, -0.25) is 0 Å². The number of aliphatic hydroxyl groups excluding tert-OH is 1. The highest BCUT2D eigenvalue weighted by molar-refractivity contribution is 5.36. The summed E-state index contributed by atoms with van der Waals surface area (Å²) in [7, 11) is 0. The molecule has 0 aliphatic rings. The second-order valence-electron chi connectivity index (χ2n) is 4.03. The lowest BCUT2D eigenvalue weighted by Gasteiger charge is -2.00. The predicted molar refractivity (Wildman–Crippen MR) is 80.0 cm³/mol. The van der Waals surface area contributed by atoms with Crippen molar-refractivity contribution in [1.29, 1.82) is 0 Å². The summed E-state index contributed by atoms with van der Waals surface area (Å²) >= 11 is 0. The standard InChI is InChI=1S/C8H18O.C4H8N6O/c1-3-5-7-9-8-6-4-2;5-2-8-3(6)10-4(9-2)7-1-11/h3-8H2,1-2H3;11H,1H2,(H5,5,6,7,8,9,10). The lowest BCUT2D eigenvalue weighted by Crippen LogP contribution is -2.09. The molecule has 1 heterocycles. The van der Waals surface area contributed by atoms with E-state index in [1.54, 1.807) is 0 Å². The molecule has 0 unspecified atom stereocenters. The Morgan fingerprint density at radius 2 is 1.50 bits per heavy atom. The van der Waals surface area contributed by atoms with Gasteiger partial charge in [0.05, 0.1) is 0 Å². The highest BCUT2D eigenvalue weighted by Gasteiger charge is 1.98. The molecule has 0 radical (unpaired) electrons. The molecule has 0 bridgehead atoms. The average Bonchev–Trinajstić information content (AvgIpc) is 2.39. The van der Waals surface area contributed by atoms with Crippen LogP contribution in [0.1, 0.15) is 39.5 Å². The smallest absolute Gasteiger partial charge is 0.231 e. The Labute approximate surface area is 120 Å². The van der Waals surface area contributed by atoms with Gasteiger partial charge in [0.2, 0.25) is 17.8 Å². The van der Waals surface area contributed by atoms with Gasteiger partial charge in [0.15, 0.2) is 0 Å². The van der Waals surface area contributed by atoms with Crippen LogP contribution in [0, 0.1) is 0 Å². The first-order valence-electron chi connectivity index (χ1n) is 6.83. The summed E-state index contributed by atoms with van der Waals surface area (Å²) in [5.41, 5.74) is 10.5. The number of nitrogens with zero attached hydrogens (tertiary/aromatic N) is 3. The number of hydrogen-bond donors (Lipinski definition) is 4. The van der Waals surface area contributed by atoms with E-state index in [4.69, 9.17) is 21.3 Å². The molecule has 6 N–H and O–H groups in total. The predicted octanol–water partition coefficient (Wildman–Crippen LogP) is 1.00. The molecule has 0 fully saturated rings. The van der Waals surface area contributed by atoms with E-state index < -0.39 is 0 Å². The molecule has 20 heavy (non-hydrogen) atoms. The number of nitrogens with two attached hydrogens (primary N) is 2. The van der Waals surface area contributed by atoms with Gasteiger partial charge in [-0.1, -0.05) is 26.7 Å². The van der Waals surface area contributed by atoms with E-state index in [1.165, 1.54) is 25.7 Å². The molecule has 0 aliphatic heterocycles. The topological polar surface area (TPSA) is 132 Å². The largest absolute Gasteiger partial charge is 0.381 e. The minimum absolute atomic E-state index is 0.0217. The molecule has 0 amide bonds. The molecule has 1 aromatic heterocycles. The maximum atomic E-state index is 8.41. The van der Waals surface area contributed by atoms with Gasteiger partial charge in [0.1, 0.15) is 6.73 Å². The minimum atomic E-state index is -0.275. The quantitative estimate of drug-likeness (QED) is 0.411. The Morgan fingerprint density at radius 1 is 1.00 bits per heavy atom. The number of nitrogen functional groups attached to an aromatic ring is 2. The van der Waals surface area contributed by atoms with Crippen molar-refractivity contribution in [1.82, 2.24) is 15.0 Å². The molecule has 0 aromatic carbocycles. The fourth-order valence-corrected chi connectivity index (χ4v) is 1.15. The molecular weight excluding hydrogens is 260 g/mol. The van der Waals surface area contributed by atoms with Gasteiger partial charge in [-0.15, -0.1) is 0 Å². The van der Waals surface area contributed by atoms with Crippen molar-refractivity contribution in [3.8, 4) is 0 Å². The van der Waals surface area contributed by atoms with E-state index in [0.717, 1.165) is 13.2 Å². The van der Waals surface area contributed by atoms with Gasteiger partial charge in [0, 0.05) is 13.2 Å². The van der Waals surface area contributed by atoms with E-state index in [0.29, 0.717) is 0 Å². The molecule has 8 nitrogen and oxygen atoms in total. The first-order chi connectivity index (χ1) is 9.63. The van der Waals surface area contributed by atoms with Gasteiger partial charge < -0.3 is 26.6 Å². The lowest BCUT2D eigenvalue weighted by molar-refractivity contribution is 0.128. The minimum Gasteiger partial charge on any atom is -0.381 e. The Morgan fingerprint density at radius 3 is 1.90 bits per heavy atom. The fourth-order valence-electron chi connectivity index (χ4n) is 1.15. The number of aliphatic hydroxyl groups is 1. The molecular formula is C12H26N6O2. The third kappa shape index (κ3) is 10.3. The number of hydrogen-bond acceptors (Lipinski definition) is 8. The summed E-state index contributed by atoms with van der Waals surface area (Å²) in [6.45, 7) is 6.00. The highest BCUT2D eigenvalue weighted by atomic mass is 16.5. The molecule has 8 heteroatoms. The van der Waals surface area contributed by atoms with E-state index >= 15 is 0 Å². The number of aromatic nitrogens is 3. The fraction of sp³-hybridized carbons (Fsp3) is 0.750. The van der Waals surface area contributed by atoms with Crippen molar-refractivity contribution in [2.45, 2.75) is 39.5 Å². The Kier molecular flexibility index (Phi) is 11.3. The van der Waals surface area contributed by atoms with Gasteiger partial charge >= 0.3 is 0 Å². The van der Waals surface area contributed by atoms with Crippen molar-refractivity contribution in [3.63, 3.8) is 0 Å². The van der Waals surface area contributed by atoms with Crippen LogP contribution in [0.3, 0.4) is 0 Å². The lowest BCUT2D eigenvalue weighted by atomic mass is 10.3. The Bertz CT molecular complexity index is 324. The first kappa shape index (κ1) is 18.3.